The first-order valence-corrected chi connectivity index (χ1v) is 7.42. The topological polar surface area (TPSA) is 49.5 Å². The van der Waals surface area contributed by atoms with Crippen molar-refractivity contribution in [3.63, 3.8) is 0 Å². The summed E-state index contributed by atoms with van der Waals surface area (Å²) in [5.41, 5.74) is 7.02. The van der Waals surface area contributed by atoms with Crippen LogP contribution in [0.5, 0.6) is 5.75 Å². The molecular weight excluding hydrogens is 236 g/mol. The van der Waals surface area contributed by atoms with Gasteiger partial charge in [-0.2, -0.15) is 0 Å². The van der Waals surface area contributed by atoms with Gasteiger partial charge < -0.3 is 10.8 Å². The molecule has 1 fully saturated rings. The first-order valence-electron chi connectivity index (χ1n) is 7.42. The number of phenolic OH excluding ortho intramolecular Hbond substituents is 1. The van der Waals surface area contributed by atoms with Crippen molar-refractivity contribution < 1.29 is 5.11 Å². The number of hydrogen-bond acceptors (Lipinski definition) is 3. The predicted molar refractivity (Wildman–Crippen MR) is 79.1 cm³/mol. The number of rotatable bonds is 4. The zero-order valence-corrected chi connectivity index (χ0v) is 12.0. The predicted octanol–water partition coefficient (Wildman–Crippen LogP) is 3.05. The normalized spacial score (nSPS) is 25.5. The summed E-state index contributed by atoms with van der Waals surface area (Å²) in [7, 11) is 0. The molecule has 1 unspecified atom stereocenters. The van der Waals surface area contributed by atoms with Gasteiger partial charge in [-0.3, -0.25) is 4.90 Å². The molecule has 1 atom stereocenters. The quantitative estimate of drug-likeness (QED) is 0.877. The zero-order chi connectivity index (χ0) is 13.8. The summed E-state index contributed by atoms with van der Waals surface area (Å²) < 4.78 is 0. The fourth-order valence-electron chi connectivity index (χ4n) is 3.30. The van der Waals surface area contributed by atoms with Crippen LogP contribution in [-0.2, 0) is 0 Å². The summed E-state index contributed by atoms with van der Waals surface area (Å²) >= 11 is 0. The lowest BCUT2D eigenvalue weighted by Gasteiger charge is -2.39. The molecule has 0 aliphatic heterocycles. The molecular formula is C16H26N2O. The molecule has 2 rings (SSSR count). The van der Waals surface area contributed by atoms with Crippen molar-refractivity contribution in [1.82, 2.24) is 4.90 Å². The van der Waals surface area contributed by atoms with Crippen LogP contribution in [0.1, 0.15) is 51.1 Å². The Hall–Kier alpha value is -1.06. The minimum Gasteiger partial charge on any atom is -0.508 e. The van der Waals surface area contributed by atoms with Gasteiger partial charge in [-0.05, 0) is 45.2 Å². The summed E-state index contributed by atoms with van der Waals surface area (Å²) in [6.45, 7) is 5.40. The second kappa shape index (κ2) is 6.40. The van der Waals surface area contributed by atoms with Gasteiger partial charge in [-0.25, -0.2) is 0 Å². The Morgan fingerprint density at radius 1 is 1.26 bits per heavy atom. The number of hydrogen-bond donors (Lipinski definition) is 2. The Morgan fingerprint density at radius 3 is 2.47 bits per heavy atom. The molecule has 0 aromatic heterocycles. The van der Waals surface area contributed by atoms with Gasteiger partial charge >= 0.3 is 0 Å². The second-order valence-corrected chi connectivity index (χ2v) is 5.63. The van der Waals surface area contributed by atoms with E-state index in [9.17, 15) is 5.11 Å². The highest BCUT2D eigenvalue weighted by atomic mass is 16.3. The number of para-hydroxylation sites is 1. The number of nitrogens with two attached hydrogens (primary N) is 1. The van der Waals surface area contributed by atoms with Crippen LogP contribution in [0.3, 0.4) is 0 Å². The molecule has 3 nitrogen and oxygen atoms in total. The lowest BCUT2D eigenvalue weighted by atomic mass is 9.89. The van der Waals surface area contributed by atoms with Gasteiger partial charge in [-0.1, -0.05) is 25.1 Å². The van der Waals surface area contributed by atoms with Gasteiger partial charge in [0.15, 0.2) is 0 Å². The van der Waals surface area contributed by atoms with Crippen molar-refractivity contribution in [1.29, 1.82) is 0 Å². The molecule has 3 heteroatoms. The van der Waals surface area contributed by atoms with Gasteiger partial charge in [0.2, 0.25) is 0 Å². The van der Waals surface area contributed by atoms with Crippen LogP contribution >= 0.6 is 0 Å². The van der Waals surface area contributed by atoms with Crippen molar-refractivity contribution in [2.75, 3.05) is 6.54 Å². The summed E-state index contributed by atoms with van der Waals surface area (Å²) in [4.78, 5) is 2.50. The summed E-state index contributed by atoms with van der Waals surface area (Å²) in [6.07, 6.45) is 4.59. The van der Waals surface area contributed by atoms with E-state index in [4.69, 9.17) is 5.73 Å². The Morgan fingerprint density at radius 2 is 1.89 bits per heavy atom. The average Bonchev–Trinajstić information content (AvgIpc) is 2.42. The molecule has 0 saturated heterocycles. The molecule has 1 aromatic rings. The van der Waals surface area contributed by atoms with Crippen molar-refractivity contribution in [3.05, 3.63) is 29.8 Å². The number of aromatic hydroxyl groups is 1. The third-order valence-electron chi connectivity index (χ3n) is 4.46. The lowest BCUT2D eigenvalue weighted by molar-refractivity contribution is 0.113. The van der Waals surface area contributed by atoms with Crippen LogP contribution < -0.4 is 5.73 Å². The molecule has 0 heterocycles. The number of nitrogens with zero attached hydrogens (tertiary/aromatic N) is 1. The standard InChI is InChI=1S/C16H26N2O/c1-3-18(14-10-8-13(17)9-11-14)12(2)15-6-4-5-7-16(15)19/h4-7,12-14,19H,3,8-11,17H2,1-2H3. The monoisotopic (exact) mass is 262 g/mol. The van der Waals surface area contributed by atoms with Gasteiger partial charge in [0.05, 0.1) is 0 Å². The zero-order valence-electron chi connectivity index (χ0n) is 12.0. The van der Waals surface area contributed by atoms with Crippen LogP contribution in [0.15, 0.2) is 24.3 Å². The minimum absolute atomic E-state index is 0.255. The highest BCUT2D eigenvalue weighted by Crippen LogP contribution is 2.33. The molecule has 0 radical (unpaired) electrons. The molecule has 0 spiro atoms. The second-order valence-electron chi connectivity index (χ2n) is 5.63. The van der Waals surface area contributed by atoms with E-state index in [2.05, 4.69) is 18.7 Å². The maximum Gasteiger partial charge on any atom is 0.120 e. The number of benzene rings is 1. The minimum atomic E-state index is 0.255. The molecule has 0 bridgehead atoms. The van der Waals surface area contributed by atoms with Crippen LogP contribution in [0, 0.1) is 0 Å². The average molecular weight is 262 g/mol. The van der Waals surface area contributed by atoms with E-state index in [0.29, 0.717) is 17.8 Å². The summed E-state index contributed by atoms with van der Waals surface area (Å²) in [6, 6.07) is 8.91. The maximum absolute atomic E-state index is 10.0. The van der Waals surface area contributed by atoms with E-state index >= 15 is 0 Å². The SMILES string of the molecule is CCN(C1CCC(N)CC1)C(C)c1ccccc1O. The molecule has 1 aliphatic rings. The van der Waals surface area contributed by atoms with Crippen molar-refractivity contribution >= 4 is 0 Å². The largest absolute Gasteiger partial charge is 0.508 e. The molecule has 1 aliphatic carbocycles. The highest BCUT2D eigenvalue weighted by molar-refractivity contribution is 5.34. The van der Waals surface area contributed by atoms with Gasteiger partial charge in [-0.15, -0.1) is 0 Å². The summed E-state index contributed by atoms with van der Waals surface area (Å²) in [5, 5.41) is 10.0. The smallest absolute Gasteiger partial charge is 0.120 e. The van der Waals surface area contributed by atoms with Crippen molar-refractivity contribution in [2.45, 2.75) is 57.7 Å². The van der Waals surface area contributed by atoms with Crippen LogP contribution in [0.25, 0.3) is 0 Å². The Kier molecular flexibility index (Phi) is 4.83. The fourth-order valence-corrected chi connectivity index (χ4v) is 3.30. The molecule has 1 aromatic carbocycles. The third-order valence-corrected chi connectivity index (χ3v) is 4.46. The Balaban J connectivity index is 2.11. The fraction of sp³-hybridized carbons (Fsp3) is 0.625. The van der Waals surface area contributed by atoms with E-state index < -0.39 is 0 Å². The highest BCUT2D eigenvalue weighted by Gasteiger charge is 2.27. The third kappa shape index (κ3) is 3.28. The van der Waals surface area contributed by atoms with Crippen molar-refractivity contribution in [3.8, 4) is 5.75 Å². The van der Waals surface area contributed by atoms with E-state index in [1.54, 1.807) is 6.07 Å². The van der Waals surface area contributed by atoms with E-state index in [1.165, 1.54) is 12.8 Å². The van der Waals surface area contributed by atoms with E-state index in [0.717, 1.165) is 24.9 Å². The van der Waals surface area contributed by atoms with Gasteiger partial charge in [0.1, 0.15) is 5.75 Å². The number of phenols is 1. The Labute approximate surface area is 116 Å². The van der Waals surface area contributed by atoms with Gasteiger partial charge in [0, 0.05) is 23.7 Å². The molecule has 19 heavy (non-hydrogen) atoms. The lowest BCUT2D eigenvalue weighted by Crippen LogP contribution is -2.42. The van der Waals surface area contributed by atoms with E-state index in [1.807, 2.05) is 18.2 Å². The summed E-state index contributed by atoms with van der Waals surface area (Å²) in [5.74, 6) is 0.404. The van der Waals surface area contributed by atoms with Gasteiger partial charge in [0.25, 0.3) is 0 Å². The van der Waals surface area contributed by atoms with Crippen molar-refractivity contribution in [2.24, 2.45) is 5.73 Å². The van der Waals surface area contributed by atoms with E-state index in [-0.39, 0.29) is 6.04 Å². The van der Waals surface area contributed by atoms with Crippen LogP contribution in [-0.4, -0.2) is 28.6 Å². The Bertz CT molecular complexity index is 399. The first-order chi connectivity index (χ1) is 9.13. The molecule has 106 valence electrons. The molecule has 1 saturated carbocycles. The first kappa shape index (κ1) is 14.4. The maximum atomic E-state index is 10.0. The molecule has 0 amide bonds. The molecule has 3 N–H and O–H groups in total. The van der Waals surface area contributed by atoms with Crippen LogP contribution in [0.4, 0.5) is 0 Å². The van der Waals surface area contributed by atoms with Crippen LogP contribution in [0.2, 0.25) is 0 Å².